The lowest BCUT2D eigenvalue weighted by molar-refractivity contribution is -0.118. The first-order valence-corrected chi connectivity index (χ1v) is 8.05. The maximum atomic E-state index is 12.5. The van der Waals surface area contributed by atoms with E-state index in [-0.39, 0.29) is 11.9 Å². The number of benzene rings is 1. The molecule has 3 atom stereocenters. The molecule has 2 heterocycles. The number of hydrogen-bond donors (Lipinski definition) is 1. The van der Waals surface area contributed by atoms with Gasteiger partial charge in [-0.2, -0.15) is 0 Å². The molecule has 3 aliphatic rings. The van der Waals surface area contributed by atoms with Gasteiger partial charge in [0.05, 0.1) is 18.5 Å². The van der Waals surface area contributed by atoms with E-state index in [1.165, 1.54) is 37.8 Å². The number of piperidine rings is 1. The zero-order valence-electron chi connectivity index (χ0n) is 12.5. The SMILES string of the molecule is COc1ccc2c(c1)NC(=O)C1CCC3CCCCC3N21. The van der Waals surface area contributed by atoms with E-state index in [0.717, 1.165) is 23.8 Å². The molecule has 1 aromatic carbocycles. The van der Waals surface area contributed by atoms with Gasteiger partial charge < -0.3 is 15.0 Å². The predicted molar refractivity (Wildman–Crippen MR) is 82.9 cm³/mol. The van der Waals surface area contributed by atoms with Crippen LogP contribution in [0.4, 0.5) is 11.4 Å². The molecule has 2 fully saturated rings. The topological polar surface area (TPSA) is 41.6 Å². The van der Waals surface area contributed by atoms with Crippen LogP contribution in [-0.4, -0.2) is 25.1 Å². The van der Waals surface area contributed by atoms with E-state index in [2.05, 4.69) is 16.3 Å². The van der Waals surface area contributed by atoms with Gasteiger partial charge >= 0.3 is 0 Å². The largest absolute Gasteiger partial charge is 0.497 e. The first-order valence-electron chi connectivity index (χ1n) is 8.05. The highest BCUT2D eigenvalue weighted by Gasteiger charge is 2.44. The molecule has 4 heteroatoms. The van der Waals surface area contributed by atoms with Gasteiger partial charge in [0.25, 0.3) is 0 Å². The van der Waals surface area contributed by atoms with E-state index < -0.39 is 0 Å². The Morgan fingerprint density at radius 3 is 2.90 bits per heavy atom. The number of hydrogen-bond acceptors (Lipinski definition) is 3. The molecule has 1 saturated heterocycles. The van der Waals surface area contributed by atoms with Crippen molar-refractivity contribution in [3.05, 3.63) is 18.2 Å². The summed E-state index contributed by atoms with van der Waals surface area (Å²) >= 11 is 0. The van der Waals surface area contributed by atoms with Crippen molar-refractivity contribution < 1.29 is 9.53 Å². The highest BCUT2D eigenvalue weighted by Crippen LogP contribution is 2.45. The fraction of sp³-hybridized carbons (Fsp3) is 0.588. The predicted octanol–water partition coefficient (Wildman–Crippen LogP) is 3.17. The highest BCUT2D eigenvalue weighted by molar-refractivity contribution is 6.04. The summed E-state index contributed by atoms with van der Waals surface area (Å²) in [6, 6.07) is 6.61. The van der Waals surface area contributed by atoms with E-state index >= 15 is 0 Å². The van der Waals surface area contributed by atoms with E-state index in [4.69, 9.17) is 4.74 Å². The first kappa shape index (κ1) is 13.0. The molecule has 1 saturated carbocycles. The third-order valence-corrected chi connectivity index (χ3v) is 5.42. The number of methoxy groups -OCH3 is 1. The van der Waals surface area contributed by atoms with Gasteiger partial charge in [0, 0.05) is 12.1 Å². The number of anilines is 2. The number of ether oxygens (including phenoxy) is 1. The minimum absolute atomic E-state index is 0.0187. The van der Waals surface area contributed by atoms with Crippen LogP contribution in [0.2, 0.25) is 0 Å². The minimum Gasteiger partial charge on any atom is -0.497 e. The number of carbonyl (C=O) groups excluding carboxylic acids is 1. The lowest BCUT2D eigenvalue weighted by atomic mass is 9.75. The molecule has 0 aromatic heterocycles. The molecule has 112 valence electrons. The number of fused-ring (bicyclic) bond motifs is 5. The van der Waals surface area contributed by atoms with Gasteiger partial charge in [-0.25, -0.2) is 0 Å². The Morgan fingerprint density at radius 2 is 2.05 bits per heavy atom. The number of amides is 1. The lowest BCUT2D eigenvalue weighted by Crippen LogP contribution is -2.58. The molecule has 0 radical (unpaired) electrons. The van der Waals surface area contributed by atoms with Crippen LogP contribution in [0.25, 0.3) is 0 Å². The monoisotopic (exact) mass is 286 g/mol. The summed E-state index contributed by atoms with van der Waals surface area (Å²) in [5.41, 5.74) is 2.08. The second kappa shape index (κ2) is 4.93. The minimum atomic E-state index is 0.0187. The van der Waals surface area contributed by atoms with Crippen molar-refractivity contribution in [2.24, 2.45) is 5.92 Å². The Balaban J connectivity index is 1.77. The fourth-order valence-electron chi connectivity index (χ4n) is 4.42. The molecule has 3 unspecified atom stereocenters. The molecule has 0 spiro atoms. The maximum absolute atomic E-state index is 12.5. The van der Waals surface area contributed by atoms with Crippen molar-refractivity contribution in [1.29, 1.82) is 0 Å². The van der Waals surface area contributed by atoms with E-state index in [9.17, 15) is 4.79 Å². The molecule has 1 amide bonds. The molecule has 1 aromatic rings. The average Bonchev–Trinajstić information content (AvgIpc) is 2.54. The van der Waals surface area contributed by atoms with Crippen LogP contribution < -0.4 is 15.0 Å². The molecule has 2 aliphatic heterocycles. The molecule has 4 rings (SSSR count). The first-order chi connectivity index (χ1) is 10.3. The smallest absolute Gasteiger partial charge is 0.247 e. The lowest BCUT2D eigenvalue weighted by Gasteiger charge is -2.51. The van der Waals surface area contributed by atoms with E-state index in [0.29, 0.717) is 6.04 Å². The summed E-state index contributed by atoms with van der Waals surface area (Å²) in [5, 5.41) is 3.07. The highest BCUT2D eigenvalue weighted by atomic mass is 16.5. The molecule has 1 N–H and O–H groups in total. The van der Waals surface area contributed by atoms with E-state index in [1.54, 1.807) is 7.11 Å². The molecule has 1 aliphatic carbocycles. The van der Waals surface area contributed by atoms with Gasteiger partial charge in [-0.05, 0) is 43.7 Å². The average molecular weight is 286 g/mol. The standard InChI is InChI=1S/C17H22N2O2/c1-21-12-7-9-15-13(10-12)18-17(20)16-8-6-11-4-2-3-5-14(11)19(15)16/h7,9-11,14,16H,2-6,8H2,1H3,(H,18,20). The number of nitrogens with zero attached hydrogens (tertiary/aromatic N) is 1. The van der Waals surface area contributed by atoms with Crippen LogP contribution in [0, 0.1) is 5.92 Å². The van der Waals surface area contributed by atoms with Crippen LogP contribution >= 0.6 is 0 Å². The Hall–Kier alpha value is -1.71. The Kier molecular flexibility index (Phi) is 3.05. The normalized spacial score (nSPS) is 30.8. The number of carbonyl (C=O) groups is 1. The summed E-state index contributed by atoms with van der Waals surface area (Å²) in [6.45, 7) is 0. The third kappa shape index (κ3) is 2.00. The van der Waals surface area contributed by atoms with Crippen molar-refractivity contribution in [2.45, 2.75) is 50.6 Å². The Morgan fingerprint density at radius 1 is 1.19 bits per heavy atom. The van der Waals surface area contributed by atoms with Crippen molar-refractivity contribution in [1.82, 2.24) is 0 Å². The van der Waals surface area contributed by atoms with Crippen LogP contribution in [0.5, 0.6) is 5.75 Å². The van der Waals surface area contributed by atoms with Gasteiger partial charge in [-0.1, -0.05) is 12.8 Å². The molecule has 0 bridgehead atoms. The van der Waals surface area contributed by atoms with Gasteiger partial charge in [0.1, 0.15) is 11.8 Å². The van der Waals surface area contributed by atoms with Crippen LogP contribution in [-0.2, 0) is 4.79 Å². The zero-order valence-corrected chi connectivity index (χ0v) is 12.5. The summed E-state index contributed by atoms with van der Waals surface area (Å²) in [6.07, 6.45) is 7.36. The number of rotatable bonds is 1. The molecule has 21 heavy (non-hydrogen) atoms. The molecule has 4 nitrogen and oxygen atoms in total. The van der Waals surface area contributed by atoms with Crippen molar-refractivity contribution in [3.63, 3.8) is 0 Å². The van der Waals surface area contributed by atoms with Crippen LogP contribution in [0.15, 0.2) is 18.2 Å². The second-order valence-electron chi connectivity index (χ2n) is 6.48. The zero-order chi connectivity index (χ0) is 14.4. The van der Waals surface area contributed by atoms with Crippen molar-refractivity contribution >= 4 is 17.3 Å². The number of nitrogens with one attached hydrogen (secondary N) is 1. The Labute approximate surface area is 125 Å². The summed E-state index contributed by atoms with van der Waals surface area (Å²) in [4.78, 5) is 14.9. The summed E-state index contributed by atoms with van der Waals surface area (Å²) in [5.74, 6) is 1.71. The summed E-state index contributed by atoms with van der Waals surface area (Å²) in [7, 11) is 1.66. The van der Waals surface area contributed by atoms with E-state index in [1.807, 2.05) is 12.1 Å². The maximum Gasteiger partial charge on any atom is 0.247 e. The molecular formula is C17H22N2O2. The molecular weight excluding hydrogens is 264 g/mol. The quantitative estimate of drug-likeness (QED) is 0.862. The van der Waals surface area contributed by atoms with Crippen molar-refractivity contribution in [3.8, 4) is 5.75 Å². The fourth-order valence-corrected chi connectivity index (χ4v) is 4.42. The van der Waals surface area contributed by atoms with Gasteiger partial charge in [-0.15, -0.1) is 0 Å². The van der Waals surface area contributed by atoms with Gasteiger partial charge in [-0.3, -0.25) is 4.79 Å². The van der Waals surface area contributed by atoms with Crippen molar-refractivity contribution in [2.75, 3.05) is 17.3 Å². The van der Waals surface area contributed by atoms with Crippen LogP contribution in [0.3, 0.4) is 0 Å². The van der Waals surface area contributed by atoms with Crippen LogP contribution in [0.1, 0.15) is 38.5 Å². The third-order valence-electron chi connectivity index (χ3n) is 5.42. The second-order valence-corrected chi connectivity index (χ2v) is 6.48. The Bertz CT molecular complexity index is 572. The van der Waals surface area contributed by atoms with Gasteiger partial charge in [0.15, 0.2) is 0 Å². The van der Waals surface area contributed by atoms with Gasteiger partial charge in [0.2, 0.25) is 5.91 Å². The summed E-state index contributed by atoms with van der Waals surface area (Å²) < 4.78 is 5.29.